The van der Waals surface area contributed by atoms with E-state index in [9.17, 15) is 0 Å². The molecule has 2 aromatic carbocycles. The molecule has 0 bridgehead atoms. The Morgan fingerprint density at radius 1 is 0.682 bits per heavy atom. The Balaban J connectivity index is 0.000000220. The van der Waals surface area contributed by atoms with E-state index in [4.69, 9.17) is 32.5 Å². The molecule has 0 heterocycles. The second-order valence-corrected chi connectivity index (χ2v) is 4.02. The number of nitrogens with zero attached hydrogens (tertiary/aromatic N) is 4. The number of nitrogens with two attached hydrogens (primary N) is 2. The molecule has 0 aliphatic rings. The van der Waals surface area contributed by atoms with Crippen LogP contribution in [0.4, 0.5) is 11.4 Å². The summed E-state index contributed by atoms with van der Waals surface area (Å²) in [5, 5.41) is 34.1. The molecule has 104 valence electrons. The molecule has 0 atom stereocenters. The van der Waals surface area contributed by atoms with Crippen LogP contribution < -0.4 is 11.5 Å². The molecule has 0 saturated heterocycles. The van der Waals surface area contributed by atoms with Crippen LogP contribution in [0.15, 0.2) is 36.4 Å². The van der Waals surface area contributed by atoms with E-state index in [1.165, 1.54) is 12.1 Å². The second-order valence-electron chi connectivity index (χ2n) is 4.02. The van der Waals surface area contributed by atoms with E-state index in [0.29, 0.717) is 28.1 Å². The van der Waals surface area contributed by atoms with Crippen molar-refractivity contribution in [2.75, 3.05) is 11.5 Å². The van der Waals surface area contributed by atoms with E-state index in [1.807, 2.05) is 24.3 Å². The summed E-state index contributed by atoms with van der Waals surface area (Å²) < 4.78 is 0. The van der Waals surface area contributed by atoms with Gasteiger partial charge in [0.1, 0.15) is 24.3 Å². The third kappa shape index (κ3) is 3.75. The number of nitriles is 4. The molecular weight excluding hydrogens is 276 g/mol. The lowest BCUT2D eigenvalue weighted by Gasteiger charge is -1.96. The summed E-state index contributed by atoms with van der Waals surface area (Å²) in [5.74, 6) is 0. The number of benzene rings is 2. The molecule has 0 fully saturated rings. The van der Waals surface area contributed by atoms with Gasteiger partial charge in [0.05, 0.1) is 27.9 Å². The van der Waals surface area contributed by atoms with Gasteiger partial charge in [-0.1, -0.05) is 6.07 Å². The van der Waals surface area contributed by atoms with Crippen LogP contribution in [0.1, 0.15) is 22.3 Å². The van der Waals surface area contributed by atoms with Gasteiger partial charge in [-0.3, -0.25) is 0 Å². The molecule has 0 aliphatic heterocycles. The van der Waals surface area contributed by atoms with Crippen molar-refractivity contribution in [2.24, 2.45) is 0 Å². The first kappa shape index (κ1) is 16.1. The van der Waals surface area contributed by atoms with Gasteiger partial charge in [-0.15, -0.1) is 0 Å². The van der Waals surface area contributed by atoms with Crippen LogP contribution in [-0.4, -0.2) is 0 Å². The smallest absolute Gasteiger partial charge is 0.103 e. The highest BCUT2D eigenvalue weighted by molar-refractivity contribution is 5.61. The number of hydrogen-bond acceptors (Lipinski definition) is 6. The largest absolute Gasteiger partial charge is 0.399 e. The van der Waals surface area contributed by atoms with Crippen molar-refractivity contribution in [2.45, 2.75) is 0 Å². The average molecular weight is 286 g/mol. The molecule has 2 aromatic rings. The molecular formula is C16H10N6. The third-order valence-electron chi connectivity index (χ3n) is 2.61. The summed E-state index contributed by atoms with van der Waals surface area (Å²) in [6.07, 6.45) is 0. The maximum atomic E-state index is 8.55. The predicted molar refractivity (Wildman–Crippen MR) is 80.6 cm³/mol. The van der Waals surface area contributed by atoms with Crippen molar-refractivity contribution >= 4 is 11.4 Å². The van der Waals surface area contributed by atoms with Crippen LogP contribution in [-0.2, 0) is 0 Å². The highest BCUT2D eigenvalue weighted by atomic mass is 14.6. The van der Waals surface area contributed by atoms with E-state index in [-0.39, 0.29) is 5.56 Å². The fraction of sp³-hybridized carbons (Fsp3) is 0. The SMILES string of the molecule is N#Cc1ccc(N)cc1C#N.N#Cc1cccc(N)c1C#N. The molecule has 6 heteroatoms. The van der Waals surface area contributed by atoms with Crippen LogP contribution in [0.2, 0.25) is 0 Å². The molecule has 0 unspecified atom stereocenters. The molecule has 22 heavy (non-hydrogen) atoms. The lowest BCUT2D eigenvalue weighted by atomic mass is 10.1. The zero-order valence-electron chi connectivity index (χ0n) is 11.4. The number of anilines is 2. The summed E-state index contributed by atoms with van der Waals surface area (Å²) in [4.78, 5) is 0. The second kappa shape index (κ2) is 7.56. The summed E-state index contributed by atoms with van der Waals surface area (Å²) in [5.41, 5.74) is 13.0. The Morgan fingerprint density at radius 2 is 1.32 bits per heavy atom. The highest BCUT2D eigenvalue weighted by Crippen LogP contribution is 2.14. The Morgan fingerprint density at radius 3 is 1.82 bits per heavy atom. The van der Waals surface area contributed by atoms with Gasteiger partial charge in [0, 0.05) is 5.69 Å². The molecule has 4 N–H and O–H groups in total. The fourth-order valence-electron chi connectivity index (χ4n) is 1.54. The van der Waals surface area contributed by atoms with E-state index >= 15 is 0 Å². The molecule has 2 rings (SSSR count). The number of rotatable bonds is 0. The monoisotopic (exact) mass is 286 g/mol. The minimum absolute atomic E-state index is 0.259. The van der Waals surface area contributed by atoms with Crippen molar-refractivity contribution in [3.05, 3.63) is 58.7 Å². The first-order valence-electron chi connectivity index (χ1n) is 5.95. The van der Waals surface area contributed by atoms with E-state index in [1.54, 1.807) is 24.3 Å². The van der Waals surface area contributed by atoms with Gasteiger partial charge in [-0.2, -0.15) is 21.0 Å². The van der Waals surface area contributed by atoms with Crippen LogP contribution in [0.25, 0.3) is 0 Å². The maximum absolute atomic E-state index is 8.55. The lowest BCUT2D eigenvalue weighted by Crippen LogP contribution is -1.92. The zero-order chi connectivity index (χ0) is 16.5. The quantitative estimate of drug-likeness (QED) is 0.708. The molecule has 0 aliphatic carbocycles. The number of nitrogen functional groups attached to an aromatic ring is 2. The van der Waals surface area contributed by atoms with Gasteiger partial charge in [-0.05, 0) is 30.3 Å². The number of hydrogen-bond donors (Lipinski definition) is 2. The van der Waals surface area contributed by atoms with Crippen LogP contribution in [0.3, 0.4) is 0 Å². The molecule has 0 aromatic heterocycles. The molecule has 0 radical (unpaired) electrons. The molecule has 0 saturated carbocycles. The molecule has 6 nitrogen and oxygen atoms in total. The van der Waals surface area contributed by atoms with Crippen molar-refractivity contribution in [1.29, 1.82) is 21.0 Å². The summed E-state index contributed by atoms with van der Waals surface area (Å²) in [6.45, 7) is 0. The van der Waals surface area contributed by atoms with Crippen LogP contribution in [0, 0.1) is 45.3 Å². The predicted octanol–water partition coefficient (Wildman–Crippen LogP) is 2.02. The van der Waals surface area contributed by atoms with Crippen molar-refractivity contribution in [1.82, 2.24) is 0 Å². The maximum Gasteiger partial charge on any atom is 0.103 e. The molecule has 0 spiro atoms. The van der Waals surface area contributed by atoms with Gasteiger partial charge in [0.2, 0.25) is 0 Å². The summed E-state index contributed by atoms with van der Waals surface area (Å²) >= 11 is 0. The Hall–Kier alpha value is -4.00. The van der Waals surface area contributed by atoms with Crippen molar-refractivity contribution in [3.63, 3.8) is 0 Å². The van der Waals surface area contributed by atoms with Gasteiger partial charge >= 0.3 is 0 Å². The topological polar surface area (TPSA) is 147 Å². The van der Waals surface area contributed by atoms with Crippen molar-refractivity contribution < 1.29 is 0 Å². The summed E-state index contributed by atoms with van der Waals surface area (Å²) in [7, 11) is 0. The minimum Gasteiger partial charge on any atom is -0.399 e. The minimum atomic E-state index is 0.259. The van der Waals surface area contributed by atoms with Gasteiger partial charge in [-0.25, -0.2) is 0 Å². The van der Waals surface area contributed by atoms with E-state index in [2.05, 4.69) is 0 Å². The standard InChI is InChI=1S/2C8H5N3/c9-4-6-1-2-8(11)3-7(6)5-10;9-4-6-2-1-3-8(11)7(6)5-10/h2*1-3H,11H2. The van der Waals surface area contributed by atoms with Gasteiger partial charge in [0.25, 0.3) is 0 Å². The van der Waals surface area contributed by atoms with E-state index in [0.717, 1.165) is 0 Å². The first-order chi connectivity index (χ1) is 10.6. The zero-order valence-corrected chi connectivity index (χ0v) is 11.4. The van der Waals surface area contributed by atoms with E-state index < -0.39 is 0 Å². The van der Waals surface area contributed by atoms with Gasteiger partial charge in [0.15, 0.2) is 0 Å². The third-order valence-corrected chi connectivity index (χ3v) is 2.61. The van der Waals surface area contributed by atoms with Crippen molar-refractivity contribution in [3.8, 4) is 24.3 Å². The first-order valence-corrected chi connectivity index (χ1v) is 5.95. The highest BCUT2D eigenvalue weighted by Gasteiger charge is 2.02. The normalized spacial score (nSPS) is 8.18. The Labute approximate surface area is 127 Å². The van der Waals surface area contributed by atoms with Crippen LogP contribution >= 0.6 is 0 Å². The Kier molecular flexibility index (Phi) is 5.51. The summed E-state index contributed by atoms with van der Waals surface area (Å²) in [6, 6.07) is 17.0. The van der Waals surface area contributed by atoms with Crippen LogP contribution in [0.5, 0.6) is 0 Å². The molecule has 0 amide bonds. The average Bonchev–Trinajstić information content (AvgIpc) is 2.54. The Bertz CT molecular complexity index is 844. The van der Waals surface area contributed by atoms with Gasteiger partial charge < -0.3 is 11.5 Å². The lowest BCUT2D eigenvalue weighted by molar-refractivity contribution is 1.43. The fourth-order valence-corrected chi connectivity index (χ4v) is 1.54.